The minimum atomic E-state index is 0.606. The van der Waals surface area contributed by atoms with Crippen molar-refractivity contribution in [2.24, 2.45) is 0 Å². The summed E-state index contributed by atoms with van der Waals surface area (Å²) in [7, 11) is 0. The van der Waals surface area contributed by atoms with Gasteiger partial charge in [-0.1, -0.05) is 32.0 Å². The van der Waals surface area contributed by atoms with Crippen LogP contribution in [0, 0.1) is 0 Å². The molecule has 1 heterocycles. The SMILES string of the molecule is CC1Cc2cccc(C(C)C)c2N1. The standard InChI is InChI=1S/C12H17N/c1-8(2)11-6-4-5-10-7-9(3)13-12(10)11/h4-6,8-9,13H,7H2,1-3H3. The van der Waals surface area contributed by atoms with Gasteiger partial charge in [0.15, 0.2) is 0 Å². The van der Waals surface area contributed by atoms with E-state index in [0.29, 0.717) is 12.0 Å². The normalized spacial score (nSPS) is 20.2. The highest BCUT2D eigenvalue weighted by Crippen LogP contribution is 2.33. The van der Waals surface area contributed by atoms with Crippen LogP contribution >= 0.6 is 0 Å². The van der Waals surface area contributed by atoms with Crippen molar-refractivity contribution in [3.8, 4) is 0 Å². The Balaban J connectivity index is 2.45. The van der Waals surface area contributed by atoms with Crippen molar-refractivity contribution in [2.75, 3.05) is 5.32 Å². The molecule has 1 N–H and O–H groups in total. The van der Waals surface area contributed by atoms with Gasteiger partial charge in [0.1, 0.15) is 0 Å². The third-order valence-electron chi connectivity index (χ3n) is 2.72. The summed E-state index contributed by atoms with van der Waals surface area (Å²) in [6.45, 7) is 6.74. The Morgan fingerprint density at radius 1 is 1.38 bits per heavy atom. The number of nitrogens with one attached hydrogen (secondary N) is 1. The molecule has 0 amide bonds. The van der Waals surface area contributed by atoms with Crippen molar-refractivity contribution in [3.05, 3.63) is 29.3 Å². The second-order valence-electron chi connectivity index (χ2n) is 4.29. The number of benzene rings is 1. The third kappa shape index (κ3) is 1.43. The molecule has 1 atom stereocenters. The van der Waals surface area contributed by atoms with Crippen LogP contribution in [0.15, 0.2) is 18.2 Å². The van der Waals surface area contributed by atoms with Crippen LogP contribution in [0.5, 0.6) is 0 Å². The average Bonchev–Trinajstić information content (AvgIpc) is 2.43. The average molecular weight is 175 g/mol. The van der Waals surface area contributed by atoms with E-state index in [9.17, 15) is 0 Å². The molecule has 0 radical (unpaired) electrons. The molecule has 1 heteroatoms. The quantitative estimate of drug-likeness (QED) is 0.691. The summed E-state index contributed by atoms with van der Waals surface area (Å²) in [6, 6.07) is 7.25. The zero-order valence-electron chi connectivity index (χ0n) is 8.59. The van der Waals surface area contributed by atoms with Gasteiger partial charge in [-0.2, -0.15) is 0 Å². The smallest absolute Gasteiger partial charge is 0.0410 e. The van der Waals surface area contributed by atoms with Crippen molar-refractivity contribution < 1.29 is 0 Å². The number of anilines is 1. The third-order valence-corrected chi connectivity index (χ3v) is 2.72. The van der Waals surface area contributed by atoms with E-state index in [4.69, 9.17) is 0 Å². The summed E-state index contributed by atoms with van der Waals surface area (Å²) < 4.78 is 0. The maximum Gasteiger partial charge on any atom is 0.0410 e. The molecule has 1 aromatic carbocycles. The fourth-order valence-corrected chi connectivity index (χ4v) is 2.07. The lowest BCUT2D eigenvalue weighted by Gasteiger charge is -2.12. The zero-order valence-corrected chi connectivity index (χ0v) is 8.59. The second kappa shape index (κ2) is 3.06. The Bertz CT molecular complexity index is 315. The molecule has 13 heavy (non-hydrogen) atoms. The minimum absolute atomic E-state index is 0.606. The first-order valence-electron chi connectivity index (χ1n) is 5.07. The highest BCUT2D eigenvalue weighted by molar-refractivity contribution is 5.63. The van der Waals surface area contributed by atoms with Gasteiger partial charge in [-0.3, -0.25) is 0 Å². The molecule has 70 valence electrons. The largest absolute Gasteiger partial charge is 0.382 e. The molecule has 1 aromatic rings. The van der Waals surface area contributed by atoms with Gasteiger partial charge in [0, 0.05) is 11.7 Å². The van der Waals surface area contributed by atoms with Crippen molar-refractivity contribution >= 4 is 5.69 Å². The van der Waals surface area contributed by atoms with Crippen molar-refractivity contribution in [1.29, 1.82) is 0 Å². The molecule has 0 saturated heterocycles. The van der Waals surface area contributed by atoms with Crippen LogP contribution < -0.4 is 5.32 Å². The van der Waals surface area contributed by atoms with E-state index in [1.165, 1.54) is 23.2 Å². The minimum Gasteiger partial charge on any atom is -0.382 e. The van der Waals surface area contributed by atoms with Crippen LogP contribution in [0.1, 0.15) is 37.8 Å². The second-order valence-corrected chi connectivity index (χ2v) is 4.29. The number of para-hydroxylation sites is 1. The van der Waals surface area contributed by atoms with Crippen LogP contribution in [0.25, 0.3) is 0 Å². The van der Waals surface area contributed by atoms with Gasteiger partial charge in [-0.05, 0) is 30.4 Å². The molecule has 0 spiro atoms. The summed E-state index contributed by atoms with van der Waals surface area (Å²) in [5, 5.41) is 3.55. The highest BCUT2D eigenvalue weighted by atomic mass is 14.9. The maximum absolute atomic E-state index is 3.55. The van der Waals surface area contributed by atoms with E-state index in [-0.39, 0.29) is 0 Å². The Kier molecular flexibility index (Phi) is 2.03. The van der Waals surface area contributed by atoms with Crippen LogP contribution in [0.4, 0.5) is 5.69 Å². The van der Waals surface area contributed by atoms with Crippen LogP contribution in [0.3, 0.4) is 0 Å². The van der Waals surface area contributed by atoms with Gasteiger partial charge in [0.2, 0.25) is 0 Å². The Hall–Kier alpha value is -0.980. The van der Waals surface area contributed by atoms with Gasteiger partial charge in [0.25, 0.3) is 0 Å². The van der Waals surface area contributed by atoms with E-state index in [1.54, 1.807) is 0 Å². The lowest BCUT2D eigenvalue weighted by atomic mass is 9.98. The molecule has 0 bridgehead atoms. The monoisotopic (exact) mass is 175 g/mol. The molecule has 1 aliphatic rings. The van der Waals surface area contributed by atoms with E-state index < -0.39 is 0 Å². The Labute approximate surface area is 80.2 Å². The van der Waals surface area contributed by atoms with E-state index >= 15 is 0 Å². The summed E-state index contributed by atoms with van der Waals surface area (Å²) in [6.07, 6.45) is 1.18. The van der Waals surface area contributed by atoms with Gasteiger partial charge < -0.3 is 5.32 Å². The first-order valence-corrected chi connectivity index (χ1v) is 5.07. The van der Waals surface area contributed by atoms with Gasteiger partial charge in [-0.25, -0.2) is 0 Å². The number of rotatable bonds is 1. The first kappa shape index (κ1) is 8.61. The molecule has 0 aliphatic carbocycles. The van der Waals surface area contributed by atoms with E-state index in [2.05, 4.69) is 44.3 Å². The van der Waals surface area contributed by atoms with Crippen molar-refractivity contribution in [2.45, 2.75) is 39.2 Å². The van der Waals surface area contributed by atoms with Crippen LogP contribution in [-0.2, 0) is 6.42 Å². The van der Waals surface area contributed by atoms with Crippen molar-refractivity contribution in [1.82, 2.24) is 0 Å². The zero-order chi connectivity index (χ0) is 9.42. The van der Waals surface area contributed by atoms with Gasteiger partial charge in [0.05, 0.1) is 0 Å². The van der Waals surface area contributed by atoms with Gasteiger partial charge in [-0.15, -0.1) is 0 Å². The fourth-order valence-electron chi connectivity index (χ4n) is 2.07. The number of fused-ring (bicyclic) bond motifs is 1. The van der Waals surface area contributed by atoms with E-state index in [0.717, 1.165) is 0 Å². The molecular formula is C12H17N. The fraction of sp³-hybridized carbons (Fsp3) is 0.500. The molecule has 2 rings (SSSR count). The maximum atomic E-state index is 3.55. The molecule has 0 fully saturated rings. The predicted octanol–water partition coefficient (Wildman–Crippen LogP) is 3.17. The topological polar surface area (TPSA) is 12.0 Å². The summed E-state index contributed by atoms with van der Waals surface area (Å²) in [5.74, 6) is 0.618. The molecule has 0 saturated carbocycles. The van der Waals surface area contributed by atoms with Crippen molar-refractivity contribution in [3.63, 3.8) is 0 Å². The Morgan fingerprint density at radius 2 is 2.15 bits per heavy atom. The lowest BCUT2D eigenvalue weighted by molar-refractivity contribution is 0.836. The molecule has 0 aromatic heterocycles. The number of hydrogen-bond donors (Lipinski definition) is 1. The lowest BCUT2D eigenvalue weighted by Crippen LogP contribution is -2.09. The summed E-state index contributed by atoms with van der Waals surface area (Å²) in [5.41, 5.74) is 4.34. The molecular weight excluding hydrogens is 158 g/mol. The first-order chi connectivity index (χ1) is 6.18. The molecule has 1 aliphatic heterocycles. The van der Waals surface area contributed by atoms with Crippen LogP contribution in [-0.4, -0.2) is 6.04 Å². The predicted molar refractivity (Wildman–Crippen MR) is 57.3 cm³/mol. The van der Waals surface area contributed by atoms with E-state index in [1.807, 2.05) is 0 Å². The Morgan fingerprint density at radius 3 is 2.85 bits per heavy atom. The number of hydrogen-bond acceptors (Lipinski definition) is 1. The van der Waals surface area contributed by atoms with Gasteiger partial charge >= 0.3 is 0 Å². The highest BCUT2D eigenvalue weighted by Gasteiger charge is 2.19. The summed E-state index contributed by atoms with van der Waals surface area (Å²) in [4.78, 5) is 0. The molecule has 1 nitrogen and oxygen atoms in total. The molecule has 1 unspecified atom stereocenters. The summed E-state index contributed by atoms with van der Waals surface area (Å²) >= 11 is 0. The van der Waals surface area contributed by atoms with Crippen LogP contribution in [0.2, 0.25) is 0 Å².